The molecule has 0 saturated carbocycles. The van der Waals surface area contributed by atoms with E-state index < -0.39 is 5.97 Å². The quantitative estimate of drug-likeness (QED) is 0.716. The van der Waals surface area contributed by atoms with E-state index in [0.717, 1.165) is 39.3 Å². The number of hydrogen-bond donors (Lipinski definition) is 2. The van der Waals surface area contributed by atoms with E-state index in [-0.39, 0.29) is 5.56 Å². The second-order valence-electron chi connectivity index (χ2n) is 4.33. The van der Waals surface area contributed by atoms with E-state index in [2.05, 4.69) is 20.4 Å². The SMILES string of the molecule is O=C(O)c1ccnnc1NCCCN1CCOCC1. The molecule has 0 radical (unpaired) electrons. The molecule has 2 heterocycles. The van der Waals surface area contributed by atoms with Gasteiger partial charge in [0.1, 0.15) is 5.56 Å². The summed E-state index contributed by atoms with van der Waals surface area (Å²) in [5, 5.41) is 19.5. The fourth-order valence-corrected chi connectivity index (χ4v) is 1.97. The van der Waals surface area contributed by atoms with Gasteiger partial charge in [-0.15, -0.1) is 5.10 Å². The number of rotatable bonds is 6. The zero-order valence-electron chi connectivity index (χ0n) is 10.7. The van der Waals surface area contributed by atoms with Crippen molar-refractivity contribution >= 4 is 11.8 Å². The molecule has 104 valence electrons. The molecule has 7 nitrogen and oxygen atoms in total. The highest BCUT2D eigenvalue weighted by Gasteiger charge is 2.12. The van der Waals surface area contributed by atoms with Gasteiger partial charge in [-0.25, -0.2) is 4.79 Å². The van der Waals surface area contributed by atoms with Crippen LogP contribution in [0.5, 0.6) is 0 Å². The van der Waals surface area contributed by atoms with Crippen LogP contribution in [0.2, 0.25) is 0 Å². The summed E-state index contributed by atoms with van der Waals surface area (Å²) in [7, 11) is 0. The molecule has 0 bridgehead atoms. The van der Waals surface area contributed by atoms with Crippen molar-refractivity contribution in [1.29, 1.82) is 0 Å². The fraction of sp³-hybridized carbons (Fsp3) is 0.583. The van der Waals surface area contributed by atoms with Crippen LogP contribution in [-0.2, 0) is 4.74 Å². The lowest BCUT2D eigenvalue weighted by atomic mass is 10.2. The molecular formula is C12H18N4O3. The molecule has 0 atom stereocenters. The molecule has 7 heteroatoms. The van der Waals surface area contributed by atoms with Gasteiger partial charge in [0.05, 0.1) is 19.4 Å². The van der Waals surface area contributed by atoms with Gasteiger partial charge in [0.25, 0.3) is 0 Å². The molecule has 0 amide bonds. The molecule has 1 fully saturated rings. The predicted octanol–water partition coefficient (Wildman–Crippen LogP) is 0.309. The lowest BCUT2D eigenvalue weighted by Gasteiger charge is -2.26. The Kier molecular flexibility index (Phi) is 5.05. The number of hydrogen-bond acceptors (Lipinski definition) is 6. The Labute approximate surface area is 111 Å². The van der Waals surface area contributed by atoms with Gasteiger partial charge in [0, 0.05) is 19.6 Å². The van der Waals surface area contributed by atoms with Gasteiger partial charge in [-0.05, 0) is 19.0 Å². The maximum absolute atomic E-state index is 11.0. The summed E-state index contributed by atoms with van der Waals surface area (Å²) in [5.41, 5.74) is 0.154. The van der Waals surface area contributed by atoms with E-state index >= 15 is 0 Å². The maximum atomic E-state index is 11.0. The van der Waals surface area contributed by atoms with Crippen molar-refractivity contribution < 1.29 is 14.6 Å². The average molecular weight is 266 g/mol. The van der Waals surface area contributed by atoms with Crippen LogP contribution in [-0.4, -0.2) is 65.6 Å². The van der Waals surface area contributed by atoms with Crippen LogP contribution in [0.3, 0.4) is 0 Å². The van der Waals surface area contributed by atoms with Gasteiger partial charge in [0.2, 0.25) is 0 Å². The first-order chi connectivity index (χ1) is 9.27. The van der Waals surface area contributed by atoms with Crippen LogP contribution < -0.4 is 5.32 Å². The van der Waals surface area contributed by atoms with E-state index in [4.69, 9.17) is 9.84 Å². The minimum Gasteiger partial charge on any atom is -0.478 e. The minimum absolute atomic E-state index is 0.154. The monoisotopic (exact) mass is 266 g/mol. The third kappa shape index (κ3) is 4.15. The first-order valence-corrected chi connectivity index (χ1v) is 6.36. The highest BCUT2D eigenvalue weighted by Crippen LogP contribution is 2.09. The Balaban J connectivity index is 1.74. The van der Waals surface area contributed by atoms with Crippen molar-refractivity contribution in [2.24, 2.45) is 0 Å². The van der Waals surface area contributed by atoms with Crippen LogP contribution in [0.1, 0.15) is 16.8 Å². The van der Waals surface area contributed by atoms with Crippen molar-refractivity contribution in [3.8, 4) is 0 Å². The lowest BCUT2D eigenvalue weighted by molar-refractivity contribution is 0.0378. The minimum atomic E-state index is -0.995. The first kappa shape index (κ1) is 13.7. The van der Waals surface area contributed by atoms with Crippen LogP contribution in [0.25, 0.3) is 0 Å². The summed E-state index contributed by atoms with van der Waals surface area (Å²) < 4.78 is 5.28. The van der Waals surface area contributed by atoms with Gasteiger partial charge in [-0.3, -0.25) is 4.90 Å². The highest BCUT2D eigenvalue weighted by atomic mass is 16.5. The highest BCUT2D eigenvalue weighted by molar-refractivity contribution is 5.92. The number of carboxylic acids is 1. The second-order valence-corrected chi connectivity index (χ2v) is 4.33. The molecule has 0 spiro atoms. The van der Waals surface area contributed by atoms with Gasteiger partial charge < -0.3 is 15.2 Å². The number of carboxylic acid groups (broad SMARTS) is 1. The Bertz CT molecular complexity index is 421. The summed E-state index contributed by atoms with van der Waals surface area (Å²) in [6.07, 6.45) is 2.30. The van der Waals surface area contributed by atoms with Gasteiger partial charge in [-0.1, -0.05) is 0 Å². The number of aromatic nitrogens is 2. The Morgan fingerprint density at radius 3 is 3.00 bits per heavy atom. The molecule has 0 aliphatic carbocycles. The summed E-state index contributed by atoms with van der Waals surface area (Å²) in [5.74, 6) is -0.664. The topological polar surface area (TPSA) is 87.6 Å². The molecule has 19 heavy (non-hydrogen) atoms. The number of carbonyl (C=O) groups is 1. The first-order valence-electron chi connectivity index (χ1n) is 6.36. The normalized spacial score (nSPS) is 16.2. The fourth-order valence-electron chi connectivity index (χ4n) is 1.97. The van der Waals surface area contributed by atoms with E-state index in [9.17, 15) is 4.79 Å². The second kappa shape index (κ2) is 7.01. The lowest BCUT2D eigenvalue weighted by Crippen LogP contribution is -2.37. The number of anilines is 1. The van der Waals surface area contributed by atoms with Gasteiger partial charge in [-0.2, -0.15) is 5.10 Å². The summed E-state index contributed by atoms with van der Waals surface area (Å²) >= 11 is 0. The zero-order chi connectivity index (χ0) is 13.5. The molecule has 1 aliphatic rings. The van der Waals surface area contributed by atoms with E-state index in [1.54, 1.807) is 0 Å². The number of aromatic carboxylic acids is 1. The molecular weight excluding hydrogens is 248 g/mol. The number of nitrogens with one attached hydrogen (secondary N) is 1. The maximum Gasteiger partial charge on any atom is 0.339 e. The molecule has 2 N–H and O–H groups in total. The number of morpholine rings is 1. The molecule has 0 unspecified atom stereocenters. The number of ether oxygens (including phenoxy) is 1. The standard InChI is InChI=1S/C12H18N4O3/c17-12(18)10-2-4-14-15-11(10)13-3-1-5-16-6-8-19-9-7-16/h2,4H,1,3,5-9H2,(H,13,15)(H,17,18). The van der Waals surface area contributed by atoms with Crippen molar-refractivity contribution in [3.05, 3.63) is 17.8 Å². The van der Waals surface area contributed by atoms with Crippen LogP contribution in [0.4, 0.5) is 5.82 Å². The van der Waals surface area contributed by atoms with Crippen LogP contribution in [0.15, 0.2) is 12.3 Å². The smallest absolute Gasteiger partial charge is 0.339 e. The van der Waals surface area contributed by atoms with E-state index in [0.29, 0.717) is 12.4 Å². The van der Waals surface area contributed by atoms with Gasteiger partial charge in [0.15, 0.2) is 5.82 Å². The van der Waals surface area contributed by atoms with Crippen molar-refractivity contribution in [2.45, 2.75) is 6.42 Å². The van der Waals surface area contributed by atoms with E-state index in [1.807, 2.05) is 0 Å². The average Bonchev–Trinajstić information content (AvgIpc) is 2.45. The van der Waals surface area contributed by atoms with E-state index in [1.165, 1.54) is 12.3 Å². The van der Waals surface area contributed by atoms with Crippen LogP contribution in [0, 0.1) is 0 Å². The number of nitrogens with zero attached hydrogens (tertiary/aromatic N) is 3. The largest absolute Gasteiger partial charge is 0.478 e. The summed E-state index contributed by atoms with van der Waals surface area (Å²) in [6, 6.07) is 1.44. The van der Waals surface area contributed by atoms with Crippen molar-refractivity contribution in [2.75, 3.05) is 44.7 Å². The third-order valence-electron chi connectivity index (χ3n) is 3.00. The Morgan fingerprint density at radius 2 is 2.26 bits per heavy atom. The van der Waals surface area contributed by atoms with Crippen molar-refractivity contribution in [3.63, 3.8) is 0 Å². The molecule has 1 saturated heterocycles. The molecule has 1 aromatic heterocycles. The van der Waals surface area contributed by atoms with Gasteiger partial charge >= 0.3 is 5.97 Å². The molecule has 2 rings (SSSR count). The summed E-state index contributed by atoms with van der Waals surface area (Å²) in [6.45, 7) is 5.16. The Morgan fingerprint density at radius 1 is 1.47 bits per heavy atom. The molecule has 1 aliphatic heterocycles. The molecule has 0 aromatic carbocycles. The van der Waals surface area contributed by atoms with Crippen molar-refractivity contribution in [1.82, 2.24) is 15.1 Å². The molecule has 1 aromatic rings. The predicted molar refractivity (Wildman–Crippen MR) is 69.4 cm³/mol. The zero-order valence-corrected chi connectivity index (χ0v) is 10.7. The Hall–Kier alpha value is -1.73. The third-order valence-corrected chi connectivity index (χ3v) is 3.00. The summed E-state index contributed by atoms with van der Waals surface area (Å²) in [4.78, 5) is 13.3. The van der Waals surface area contributed by atoms with Crippen LogP contribution >= 0.6 is 0 Å².